The summed E-state index contributed by atoms with van der Waals surface area (Å²) in [6.45, 7) is 0.680. The normalized spacial score (nSPS) is 12.8. The maximum absolute atomic E-state index is 13.1. The van der Waals surface area contributed by atoms with Crippen molar-refractivity contribution >= 4 is 0 Å². The molecule has 6 heteroatoms. The zero-order valence-corrected chi connectivity index (χ0v) is 9.82. The highest BCUT2D eigenvalue weighted by atomic mass is 19.4. The van der Waals surface area contributed by atoms with Crippen molar-refractivity contribution in [1.29, 1.82) is 0 Å². The first-order valence-corrected chi connectivity index (χ1v) is 5.47. The number of nitrogens with one attached hydrogen (secondary N) is 1. The number of hydrogen-bond donors (Lipinski definition) is 1. The summed E-state index contributed by atoms with van der Waals surface area (Å²) in [5.41, 5.74) is -0.524. The van der Waals surface area contributed by atoms with Gasteiger partial charge in [-0.3, -0.25) is 0 Å². The van der Waals surface area contributed by atoms with Gasteiger partial charge < -0.3 is 5.32 Å². The van der Waals surface area contributed by atoms with E-state index in [2.05, 4.69) is 5.32 Å². The van der Waals surface area contributed by atoms with Crippen LogP contribution in [0.3, 0.4) is 0 Å². The highest BCUT2D eigenvalue weighted by Gasteiger charge is 2.58. The molecule has 0 aromatic heterocycles. The zero-order valence-electron chi connectivity index (χ0n) is 9.82. The van der Waals surface area contributed by atoms with Gasteiger partial charge in [-0.25, -0.2) is 0 Å². The quantitative estimate of drug-likeness (QED) is 0.636. The molecule has 0 aliphatic heterocycles. The number of alkyl halides is 5. The van der Waals surface area contributed by atoms with Crippen LogP contribution in [-0.2, 0) is 12.3 Å². The van der Waals surface area contributed by atoms with Gasteiger partial charge in [0.2, 0.25) is 0 Å². The average Bonchev–Trinajstić information content (AvgIpc) is 2.28. The number of aryl methyl sites for hydroxylation is 1. The van der Waals surface area contributed by atoms with Crippen LogP contribution in [0.15, 0.2) is 24.3 Å². The Morgan fingerprint density at radius 2 is 1.78 bits per heavy atom. The van der Waals surface area contributed by atoms with Gasteiger partial charge in [-0.1, -0.05) is 18.2 Å². The van der Waals surface area contributed by atoms with Crippen LogP contribution in [0.1, 0.15) is 17.5 Å². The first-order chi connectivity index (χ1) is 8.29. The molecule has 0 bridgehead atoms. The van der Waals surface area contributed by atoms with Crippen LogP contribution in [0.5, 0.6) is 0 Å². The van der Waals surface area contributed by atoms with Crippen LogP contribution in [0.4, 0.5) is 22.0 Å². The van der Waals surface area contributed by atoms with Crippen molar-refractivity contribution in [3.05, 3.63) is 35.4 Å². The van der Waals surface area contributed by atoms with Crippen molar-refractivity contribution in [3.63, 3.8) is 0 Å². The van der Waals surface area contributed by atoms with Crippen LogP contribution >= 0.6 is 0 Å². The third kappa shape index (κ3) is 3.41. The number of halogens is 5. The number of benzene rings is 1. The van der Waals surface area contributed by atoms with E-state index >= 15 is 0 Å². The van der Waals surface area contributed by atoms with Crippen molar-refractivity contribution in [3.8, 4) is 0 Å². The van der Waals surface area contributed by atoms with Gasteiger partial charge in [0, 0.05) is 5.56 Å². The smallest absolute Gasteiger partial charge is 0.320 e. The Labute approximate surface area is 102 Å². The minimum absolute atomic E-state index is 0.461. The fourth-order valence-electron chi connectivity index (χ4n) is 1.56. The van der Waals surface area contributed by atoms with Crippen LogP contribution in [-0.4, -0.2) is 19.8 Å². The van der Waals surface area contributed by atoms with Gasteiger partial charge in [0.05, 0.1) is 0 Å². The highest BCUT2D eigenvalue weighted by molar-refractivity contribution is 5.28. The zero-order chi connectivity index (χ0) is 13.8. The molecule has 0 aliphatic rings. The number of hydrogen-bond acceptors (Lipinski definition) is 1. The lowest BCUT2D eigenvalue weighted by Gasteiger charge is -2.20. The van der Waals surface area contributed by atoms with E-state index in [-0.39, 0.29) is 0 Å². The summed E-state index contributed by atoms with van der Waals surface area (Å²) >= 11 is 0. The first kappa shape index (κ1) is 14.9. The van der Waals surface area contributed by atoms with Gasteiger partial charge in [-0.2, -0.15) is 22.0 Å². The topological polar surface area (TPSA) is 12.0 Å². The van der Waals surface area contributed by atoms with Gasteiger partial charge in [0.15, 0.2) is 0 Å². The minimum atomic E-state index is -5.56. The first-order valence-electron chi connectivity index (χ1n) is 5.47. The van der Waals surface area contributed by atoms with Crippen molar-refractivity contribution in [2.45, 2.75) is 24.9 Å². The lowest BCUT2D eigenvalue weighted by Crippen LogP contribution is -2.33. The summed E-state index contributed by atoms with van der Waals surface area (Å²) in [4.78, 5) is 0. The van der Waals surface area contributed by atoms with Gasteiger partial charge in [0.1, 0.15) is 0 Å². The molecule has 0 saturated heterocycles. The maximum atomic E-state index is 13.1. The van der Waals surface area contributed by atoms with E-state index in [1.54, 1.807) is 13.1 Å². The molecule has 0 saturated carbocycles. The molecule has 18 heavy (non-hydrogen) atoms. The van der Waals surface area contributed by atoms with Crippen molar-refractivity contribution in [2.24, 2.45) is 0 Å². The van der Waals surface area contributed by atoms with E-state index in [1.165, 1.54) is 6.07 Å². The van der Waals surface area contributed by atoms with Crippen molar-refractivity contribution < 1.29 is 22.0 Å². The highest BCUT2D eigenvalue weighted by Crippen LogP contribution is 2.43. The van der Waals surface area contributed by atoms with Gasteiger partial charge in [-0.15, -0.1) is 0 Å². The Morgan fingerprint density at radius 1 is 1.11 bits per heavy atom. The van der Waals surface area contributed by atoms with Crippen molar-refractivity contribution in [1.82, 2.24) is 5.32 Å². The average molecular weight is 267 g/mol. The van der Waals surface area contributed by atoms with Crippen LogP contribution in [0.2, 0.25) is 0 Å². The van der Waals surface area contributed by atoms with Crippen molar-refractivity contribution in [2.75, 3.05) is 13.6 Å². The Hall–Kier alpha value is -1.17. The molecule has 0 radical (unpaired) electrons. The maximum Gasteiger partial charge on any atom is 0.458 e. The molecule has 0 atom stereocenters. The Bertz CT molecular complexity index is 386. The van der Waals surface area contributed by atoms with E-state index < -0.39 is 17.7 Å². The third-order valence-corrected chi connectivity index (χ3v) is 2.54. The second kappa shape index (κ2) is 5.65. The van der Waals surface area contributed by atoms with Crippen LogP contribution in [0.25, 0.3) is 0 Å². The Kier molecular flexibility index (Phi) is 4.67. The SMILES string of the molecule is CNCCCc1cccc(C(F)(F)C(F)(F)F)c1. The molecule has 1 aromatic rings. The van der Waals surface area contributed by atoms with Crippen LogP contribution in [0, 0.1) is 0 Å². The molecule has 0 heterocycles. The molecule has 0 spiro atoms. The standard InChI is InChI=1S/C12H14F5N/c1-18-7-3-5-9-4-2-6-10(8-9)11(13,14)12(15,16)17/h2,4,6,8,18H,3,5,7H2,1H3. The summed E-state index contributed by atoms with van der Waals surface area (Å²) in [6.07, 6.45) is -4.42. The molecule has 102 valence electrons. The monoisotopic (exact) mass is 267 g/mol. The number of rotatable bonds is 5. The molecule has 0 unspecified atom stereocenters. The van der Waals surface area contributed by atoms with Crippen LogP contribution < -0.4 is 5.32 Å². The largest absolute Gasteiger partial charge is 0.458 e. The molecule has 0 amide bonds. The van der Waals surface area contributed by atoms with E-state index in [9.17, 15) is 22.0 Å². The van der Waals surface area contributed by atoms with E-state index in [0.29, 0.717) is 24.9 Å². The molecule has 0 aliphatic carbocycles. The molecular formula is C12H14F5N. The third-order valence-electron chi connectivity index (χ3n) is 2.54. The molecular weight excluding hydrogens is 253 g/mol. The van der Waals surface area contributed by atoms with Gasteiger partial charge in [-0.05, 0) is 38.1 Å². The summed E-state index contributed by atoms with van der Waals surface area (Å²) in [6, 6.07) is 4.49. The Morgan fingerprint density at radius 3 is 2.33 bits per heavy atom. The molecule has 1 aromatic carbocycles. The minimum Gasteiger partial charge on any atom is -0.320 e. The van der Waals surface area contributed by atoms with Gasteiger partial charge in [0.25, 0.3) is 0 Å². The van der Waals surface area contributed by atoms with E-state index in [1.807, 2.05) is 0 Å². The summed E-state index contributed by atoms with van der Waals surface area (Å²) in [5, 5.41) is 2.88. The fourth-order valence-corrected chi connectivity index (χ4v) is 1.56. The fraction of sp³-hybridized carbons (Fsp3) is 0.500. The molecule has 0 fully saturated rings. The second-order valence-electron chi connectivity index (χ2n) is 3.98. The lowest BCUT2D eigenvalue weighted by atomic mass is 10.0. The summed E-state index contributed by atoms with van der Waals surface area (Å²) < 4.78 is 62.8. The predicted molar refractivity (Wildman–Crippen MR) is 58.6 cm³/mol. The molecule has 1 rings (SSSR count). The lowest BCUT2D eigenvalue weighted by molar-refractivity contribution is -0.289. The summed E-state index contributed by atoms with van der Waals surface area (Å²) in [7, 11) is 1.74. The van der Waals surface area contributed by atoms with Gasteiger partial charge >= 0.3 is 12.1 Å². The molecule has 1 nitrogen and oxygen atoms in total. The Balaban J connectivity index is 2.88. The second-order valence-corrected chi connectivity index (χ2v) is 3.98. The van der Waals surface area contributed by atoms with E-state index in [0.717, 1.165) is 12.1 Å². The summed E-state index contributed by atoms with van der Waals surface area (Å²) in [5.74, 6) is -4.80. The predicted octanol–water partition coefficient (Wildman–Crippen LogP) is 3.49. The molecule has 1 N–H and O–H groups in total. The van der Waals surface area contributed by atoms with E-state index in [4.69, 9.17) is 0 Å².